The molecule has 2 fully saturated rings. The molecule has 1 atom stereocenters. The molecule has 2 aromatic heterocycles. The van der Waals surface area contributed by atoms with Crippen molar-refractivity contribution in [2.24, 2.45) is 5.92 Å². The van der Waals surface area contributed by atoms with Crippen molar-refractivity contribution < 1.29 is 9.90 Å². The predicted molar refractivity (Wildman–Crippen MR) is 101 cm³/mol. The van der Waals surface area contributed by atoms with Crippen molar-refractivity contribution in [1.29, 1.82) is 0 Å². The van der Waals surface area contributed by atoms with Crippen LogP contribution in [0.1, 0.15) is 36.2 Å². The van der Waals surface area contributed by atoms with E-state index in [1.165, 1.54) is 0 Å². The van der Waals surface area contributed by atoms with Gasteiger partial charge in [-0.05, 0) is 56.8 Å². The minimum Gasteiger partial charge on any atom is -0.396 e. The lowest BCUT2D eigenvalue weighted by Crippen LogP contribution is -2.52. The average Bonchev–Trinajstić information content (AvgIpc) is 3.10. The van der Waals surface area contributed by atoms with Crippen LogP contribution in [-0.4, -0.2) is 69.0 Å². The highest BCUT2D eigenvalue weighted by molar-refractivity contribution is 6.30. The Bertz CT molecular complexity index is 785. The molecule has 6 nitrogen and oxygen atoms in total. The van der Waals surface area contributed by atoms with Crippen LogP contribution in [0.3, 0.4) is 0 Å². The summed E-state index contributed by atoms with van der Waals surface area (Å²) < 4.78 is 1.80. The van der Waals surface area contributed by atoms with E-state index in [9.17, 15) is 9.90 Å². The second-order valence-electron chi connectivity index (χ2n) is 7.45. The van der Waals surface area contributed by atoms with Crippen molar-refractivity contribution in [3.63, 3.8) is 0 Å². The highest BCUT2D eigenvalue weighted by atomic mass is 35.5. The molecule has 0 bridgehead atoms. The number of aliphatic hydroxyl groups excluding tert-OH is 1. The number of carbonyl (C=O) groups excluding carboxylic acids is 1. The number of aromatic nitrogens is 2. The van der Waals surface area contributed by atoms with Crippen LogP contribution >= 0.6 is 11.6 Å². The Balaban J connectivity index is 1.44. The number of piperidine rings is 2. The molecule has 1 amide bonds. The van der Waals surface area contributed by atoms with E-state index in [1.807, 2.05) is 11.0 Å². The summed E-state index contributed by atoms with van der Waals surface area (Å²) in [4.78, 5) is 21.8. The second kappa shape index (κ2) is 7.55. The van der Waals surface area contributed by atoms with Gasteiger partial charge in [0.1, 0.15) is 11.3 Å². The van der Waals surface area contributed by atoms with Crippen molar-refractivity contribution in [2.45, 2.75) is 31.7 Å². The lowest BCUT2D eigenvalue weighted by Gasteiger charge is -2.42. The molecule has 2 aromatic rings. The molecule has 1 N–H and O–H groups in total. The normalized spacial score (nSPS) is 22.8. The summed E-state index contributed by atoms with van der Waals surface area (Å²) in [6.07, 6.45) is 7.79. The standard InChI is InChI=1S/C19H25ClN4O2/c20-15-3-4-18-21-17(12-24(18)10-15)19(26)23-7-1-2-16(11-23)22-8-5-14(13-25)6-9-22/h3-4,10,12,14,16,25H,1-2,5-9,11,13H2. The van der Waals surface area contributed by atoms with Gasteiger partial charge in [0.2, 0.25) is 0 Å². The highest BCUT2D eigenvalue weighted by Gasteiger charge is 2.31. The first-order valence-corrected chi connectivity index (χ1v) is 9.80. The number of hydrogen-bond acceptors (Lipinski definition) is 4. The molecule has 0 saturated carbocycles. The second-order valence-corrected chi connectivity index (χ2v) is 7.88. The lowest BCUT2D eigenvalue weighted by atomic mass is 9.94. The third kappa shape index (κ3) is 3.59. The van der Waals surface area contributed by atoms with E-state index in [1.54, 1.807) is 22.9 Å². The summed E-state index contributed by atoms with van der Waals surface area (Å²) in [7, 11) is 0. The Kier molecular flexibility index (Phi) is 5.16. The number of imidazole rings is 1. The van der Waals surface area contributed by atoms with Gasteiger partial charge in [-0.2, -0.15) is 0 Å². The van der Waals surface area contributed by atoms with Crippen LogP contribution in [0.15, 0.2) is 24.5 Å². The van der Waals surface area contributed by atoms with Crippen LogP contribution < -0.4 is 0 Å². The summed E-state index contributed by atoms with van der Waals surface area (Å²) in [5.41, 5.74) is 1.21. The molecule has 0 spiro atoms. The SMILES string of the molecule is O=C(c1cn2cc(Cl)ccc2n1)N1CCCC(N2CCC(CO)CC2)C1. The van der Waals surface area contributed by atoms with Gasteiger partial charge in [0.25, 0.3) is 5.91 Å². The minimum atomic E-state index is -0.000216. The maximum atomic E-state index is 12.9. The lowest BCUT2D eigenvalue weighted by molar-refractivity contribution is 0.0442. The number of nitrogens with zero attached hydrogens (tertiary/aromatic N) is 4. The molecule has 140 valence electrons. The summed E-state index contributed by atoms with van der Waals surface area (Å²) >= 11 is 6.02. The van der Waals surface area contributed by atoms with Crippen molar-refractivity contribution in [3.8, 4) is 0 Å². The van der Waals surface area contributed by atoms with Crippen LogP contribution in [0.2, 0.25) is 5.02 Å². The first kappa shape index (κ1) is 17.8. The van der Waals surface area contributed by atoms with E-state index >= 15 is 0 Å². The fraction of sp³-hybridized carbons (Fsp3) is 0.579. The zero-order chi connectivity index (χ0) is 18.1. The number of amides is 1. The molecule has 2 aliphatic heterocycles. The van der Waals surface area contributed by atoms with Gasteiger partial charge in [0, 0.05) is 38.1 Å². The van der Waals surface area contributed by atoms with Gasteiger partial charge in [-0.3, -0.25) is 9.69 Å². The summed E-state index contributed by atoms with van der Waals surface area (Å²) in [5.74, 6) is 0.442. The fourth-order valence-electron chi connectivity index (χ4n) is 4.17. The largest absolute Gasteiger partial charge is 0.396 e. The van der Waals surface area contributed by atoms with Gasteiger partial charge in [0.15, 0.2) is 0 Å². The van der Waals surface area contributed by atoms with E-state index < -0.39 is 0 Å². The molecule has 2 aliphatic rings. The first-order chi connectivity index (χ1) is 12.6. The van der Waals surface area contributed by atoms with E-state index in [0.29, 0.717) is 29.3 Å². The first-order valence-electron chi connectivity index (χ1n) is 9.42. The Morgan fingerprint density at radius 1 is 1.19 bits per heavy atom. The molecule has 0 radical (unpaired) electrons. The molecule has 2 saturated heterocycles. The van der Waals surface area contributed by atoms with E-state index in [-0.39, 0.29) is 5.91 Å². The van der Waals surface area contributed by atoms with Gasteiger partial charge >= 0.3 is 0 Å². The summed E-state index contributed by atoms with van der Waals surface area (Å²) in [6, 6.07) is 4.02. The number of pyridine rings is 1. The molecule has 1 unspecified atom stereocenters. The van der Waals surface area contributed by atoms with E-state index in [4.69, 9.17) is 11.6 Å². The highest BCUT2D eigenvalue weighted by Crippen LogP contribution is 2.24. The van der Waals surface area contributed by atoms with E-state index in [2.05, 4.69) is 9.88 Å². The van der Waals surface area contributed by atoms with Crippen molar-refractivity contribution in [1.82, 2.24) is 19.2 Å². The van der Waals surface area contributed by atoms with Gasteiger partial charge < -0.3 is 14.4 Å². The third-order valence-corrected chi connectivity index (χ3v) is 5.97. The zero-order valence-electron chi connectivity index (χ0n) is 14.9. The Morgan fingerprint density at radius 2 is 2.00 bits per heavy atom. The topological polar surface area (TPSA) is 61.1 Å². The Labute approximate surface area is 158 Å². The minimum absolute atomic E-state index is 0.000216. The maximum absolute atomic E-state index is 12.9. The van der Waals surface area contributed by atoms with Gasteiger partial charge in [-0.1, -0.05) is 11.6 Å². The maximum Gasteiger partial charge on any atom is 0.274 e. The van der Waals surface area contributed by atoms with Crippen molar-refractivity contribution in [2.75, 3.05) is 32.8 Å². The monoisotopic (exact) mass is 376 g/mol. The molecular formula is C19H25ClN4O2. The van der Waals surface area contributed by atoms with Gasteiger partial charge in [-0.15, -0.1) is 0 Å². The quantitative estimate of drug-likeness (QED) is 0.892. The van der Waals surface area contributed by atoms with Crippen LogP contribution in [-0.2, 0) is 0 Å². The van der Waals surface area contributed by atoms with Crippen LogP contribution in [0, 0.1) is 5.92 Å². The molecule has 4 heterocycles. The molecule has 4 rings (SSSR count). The summed E-state index contributed by atoms with van der Waals surface area (Å²) in [6.45, 7) is 3.88. The molecule has 26 heavy (non-hydrogen) atoms. The van der Waals surface area contributed by atoms with E-state index in [0.717, 1.165) is 57.5 Å². The Morgan fingerprint density at radius 3 is 2.77 bits per heavy atom. The number of carbonyl (C=O) groups is 1. The fourth-order valence-corrected chi connectivity index (χ4v) is 4.34. The predicted octanol–water partition coefficient (Wildman–Crippen LogP) is 2.30. The molecule has 0 aliphatic carbocycles. The molecule has 7 heteroatoms. The summed E-state index contributed by atoms with van der Waals surface area (Å²) in [5, 5.41) is 9.94. The molecule has 0 aromatic carbocycles. The van der Waals surface area contributed by atoms with Crippen LogP contribution in [0.5, 0.6) is 0 Å². The average molecular weight is 377 g/mol. The third-order valence-electron chi connectivity index (χ3n) is 5.74. The number of hydrogen-bond donors (Lipinski definition) is 1. The number of aliphatic hydroxyl groups is 1. The molecular weight excluding hydrogens is 352 g/mol. The Hall–Kier alpha value is -1.63. The number of rotatable bonds is 3. The number of likely N-dealkylation sites (tertiary alicyclic amines) is 2. The van der Waals surface area contributed by atoms with Gasteiger partial charge in [0.05, 0.1) is 5.02 Å². The van der Waals surface area contributed by atoms with Gasteiger partial charge in [-0.25, -0.2) is 4.98 Å². The number of fused-ring (bicyclic) bond motifs is 1. The van der Waals surface area contributed by atoms with Crippen molar-refractivity contribution >= 4 is 23.2 Å². The van der Waals surface area contributed by atoms with Crippen molar-refractivity contribution in [3.05, 3.63) is 35.2 Å². The number of halogens is 1. The van der Waals surface area contributed by atoms with Crippen LogP contribution in [0.4, 0.5) is 0 Å². The van der Waals surface area contributed by atoms with Crippen LogP contribution in [0.25, 0.3) is 5.65 Å². The zero-order valence-corrected chi connectivity index (χ0v) is 15.6. The smallest absolute Gasteiger partial charge is 0.274 e.